The van der Waals surface area contributed by atoms with Crippen LogP contribution in [0.5, 0.6) is 5.75 Å². The van der Waals surface area contributed by atoms with Gasteiger partial charge in [-0.3, -0.25) is 4.79 Å². The first-order valence-electron chi connectivity index (χ1n) is 7.33. The lowest BCUT2D eigenvalue weighted by molar-refractivity contribution is 0.0688. The minimum absolute atomic E-state index is 0.00194. The maximum Gasteiger partial charge on any atom is 0.254 e. The van der Waals surface area contributed by atoms with Crippen molar-refractivity contribution in [3.63, 3.8) is 0 Å². The quantitative estimate of drug-likeness (QED) is 0.887. The molecular weight excluding hydrogens is 252 g/mol. The zero-order valence-electron chi connectivity index (χ0n) is 12.5. The molecule has 0 aliphatic carbocycles. The van der Waals surface area contributed by atoms with E-state index in [1.54, 1.807) is 25.1 Å². The molecule has 0 bridgehead atoms. The highest BCUT2D eigenvalue weighted by atomic mass is 16.3. The van der Waals surface area contributed by atoms with Crippen LogP contribution in [0.2, 0.25) is 0 Å². The van der Waals surface area contributed by atoms with Crippen LogP contribution < -0.4 is 5.32 Å². The Morgan fingerprint density at radius 1 is 1.50 bits per heavy atom. The number of phenols is 1. The Balaban J connectivity index is 2.19. The van der Waals surface area contributed by atoms with E-state index in [1.165, 1.54) is 6.42 Å². The molecule has 0 radical (unpaired) electrons. The van der Waals surface area contributed by atoms with Gasteiger partial charge < -0.3 is 15.3 Å². The predicted molar refractivity (Wildman–Crippen MR) is 80.0 cm³/mol. The summed E-state index contributed by atoms with van der Waals surface area (Å²) in [5.41, 5.74) is 1.25. The van der Waals surface area contributed by atoms with Crippen LogP contribution >= 0.6 is 0 Å². The number of benzene rings is 1. The van der Waals surface area contributed by atoms with Crippen molar-refractivity contribution in [1.29, 1.82) is 0 Å². The summed E-state index contributed by atoms with van der Waals surface area (Å²) in [5.74, 6) is 0.181. The van der Waals surface area contributed by atoms with Crippen molar-refractivity contribution < 1.29 is 9.90 Å². The van der Waals surface area contributed by atoms with Gasteiger partial charge in [-0.15, -0.1) is 0 Å². The van der Waals surface area contributed by atoms with E-state index in [9.17, 15) is 9.90 Å². The Kier molecular flexibility index (Phi) is 4.65. The molecule has 0 aromatic heterocycles. The van der Waals surface area contributed by atoms with E-state index in [2.05, 4.69) is 5.32 Å². The minimum atomic E-state index is 0.00194. The van der Waals surface area contributed by atoms with Gasteiger partial charge in [0.25, 0.3) is 5.91 Å². The fourth-order valence-corrected chi connectivity index (χ4v) is 2.69. The molecule has 1 amide bonds. The van der Waals surface area contributed by atoms with Crippen LogP contribution in [0.3, 0.4) is 0 Å². The number of phenolic OH excluding ortho intramolecular Hbond substituents is 1. The number of hydrogen-bond acceptors (Lipinski definition) is 3. The molecular formula is C16H24N2O2. The maximum absolute atomic E-state index is 12.7. The maximum atomic E-state index is 12.7. The lowest BCUT2D eigenvalue weighted by atomic mass is 10.0. The van der Waals surface area contributed by atoms with Crippen LogP contribution in [0.25, 0.3) is 0 Å². The Bertz CT molecular complexity index is 479. The lowest BCUT2D eigenvalue weighted by Gasteiger charge is -2.30. The van der Waals surface area contributed by atoms with Gasteiger partial charge in [0, 0.05) is 29.8 Å². The summed E-state index contributed by atoms with van der Waals surface area (Å²) in [6.45, 7) is 7.62. The smallest absolute Gasteiger partial charge is 0.254 e. The average Bonchev–Trinajstić information content (AvgIpc) is 2.91. The standard InChI is InChI=1S/C16H24N2O2/c1-11(2)18(10-13-6-5-9-17-13)16(20)14-7-4-8-15(19)12(14)3/h4,7-8,11,13,17,19H,5-6,9-10H2,1-3H3. The first kappa shape index (κ1) is 14.9. The lowest BCUT2D eigenvalue weighted by Crippen LogP contribution is -2.45. The summed E-state index contributed by atoms with van der Waals surface area (Å²) in [4.78, 5) is 14.6. The van der Waals surface area contributed by atoms with Gasteiger partial charge in [0.2, 0.25) is 0 Å². The molecule has 1 aliphatic heterocycles. The molecule has 4 heteroatoms. The third-order valence-electron chi connectivity index (χ3n) is 4.00. The van der Waals surface area contributed by atoms with E-state index in [0.717, 1.165) is 19.5 Å². The third-order valence-corrected chi connectivity index (χ3v) is 4.00. The van der Waals surface area contributed by atoms with Crippen molar-refractivity contribution in [2.75, 3.05) is 13.1 Å². The van der Waals surface area contributed by atoms with Crippen LogP contribution in [0.1, 0.15) is 42.6 Å². The van der Waals surface area contributed by atoms with Gasteiger partial charge >= 0.3 is 0 Å². The van der Waals surface area contributed by atoms with E-state index >= 15 is 0 Å². The fraction of sp³-hybridized carbons (Fsp3) is 0.562. The molecule has 110 valence electrons. The van der Waals surface area contributed by atoms with Gasteiger partial charge in [0.15, 0.2) is 0 Å². The molecule has 1 aromatic rings. The van der Waals surface area contributed by atoms with Crippen LogP contribution in [0.4, 0.5) is 0 Å². The Hall–Kier alpha value is -1.55. The molecule has 2 rings (SSSR count). The van der Waals surface area contributed by atoms with Gasteiger partial charge in [-0.05, 0) is 52.3 Å². The molecule has 20 heavy (non-hydrogen) atoms. The van der Waals surface area contributed by atoms with Crippen molar-refractivity contribution >= 4 is 5.91 Å². The number of hydrogen-bond donors (Lipinski definition) is 2. The van der Waals surface area contributed by atoms with Gasteiger partial charge in [0.1, 0.15) is 5.75 Å². The number of rotatable bonds is 4. The Morgan fingerprint density at radius 3 is 2.85 bits per heavy atom. The van der Waals surface area contributed by atoms with E-state index in [-0.39, 0.29) is 17.7 Å². The second kappa shape index (κ2) is 6.27. The zero-order chi connectivity index (χ0) is 14.7. The van der Waals surface area contributed by atoms with Gasteiger partial charge in [-0.2, -0.15) is 0 Å². The normalized spacial score (nSPS) is 18.5. The number of carbonyl (C=O) groups excluding carboxylic acids is 1. The monoisotopic (exact) mass is 276 g/mol. The molecule has 0 spiro atoms. The summed E-state index contributed by atoms with van der Waals surface area (Å²) in [6, 6.07) is 5.66. The SMILES string of the molecule is Cc1c(O)cccc1C(=O)N(CC1CCCN1)C(C)C. The second-order valence-corrected chi connectivity index (χ2v) is 5.79. The predicted octanol–water partition coefficient (Wildman–Crippen LogP) is 2.30. The van der Waals surface area contributed by atoms with Crippen LogP contribution in [0, 0.1) is 6.92 Å². The molecule has 1 aliphatic rings. The molecule has 1 fully saturated rings. The van der Waals surface area contributed by atoms with Crippen LogP contribution in [0.15, 0.2) is 18.2 Å². The molecule has 1 aromatic carbocycles. The molecule has 2 N–H and O–H groups in total. The second-order valence-electron chi connectivity index (χ2n) is 5.79. The molecule has 1 unspecified atom stereocenters. The van der Waals surface area contributed by atoms with Crippen molar-refractivity contribution in [2.24, 2.45) is 0 Å². The number of carbonyl (C=O) groups is 1. The summed E-state index contributed by atoms with van der Waals surface area (Å²) < 4.78 is 0. The Labute approximate surface area is 120 Å². The average molecular weight is 276 g/mol. The van der Waals surface area contributed by atoms with E-state index in [1.807, 2.05) is 18.7 Å². The van der Waals surface area contributed by atoms with Gasteiger partial charge in [-0.25, -0.2) is 0 Å². The molecule has 1 heterocycles. The zero-order valence-corrected chi connectivity index (χ0v) is 12.5. The first-order chi connectivity index (χ1) is 9.50. The van der Waals surface area contributed by atoms with Crippen LogP contribution in [-0.4, -0.2) is 41.1 Å². The summed E-state index contributed by atoms with van der Waals surface area (Å²) in [5, 5.41) is 13.2. The Morgan fingerprint density at radius 2 is 2.25 bits per heavy atom. The summed E-state index contributed by atoms with van der Waals surface area (Å²) in [6.07, 6.45) is 2.30. The fourth-order valence-electron chi connectivity index (χ4n) is 2.69. The van der Waals surface area contributed by atoms with Crippen molar-refractivity contribution in [2.45, 2.75) is 45.7 Å². The van der Waals surface area contributed by atoms with E-state index in [0.29, 0.717) is 17.2 Å². The van der Waals surface area contributed by atoms with Crippen molar-refractivity contribution in [3.8, 4) is 5.75 Å². The van der Waals surface area contributed by atoms with Crippen molar-refractivity contribution in [3.05, 3.63) is 29.3 Å². The number of amides is 1. The molecule has 1 saturated heterocycles. The number of nitrogens with zero attached hydrogens (tertiary/aromatic N) is 1. The highest BCUT2D eigenvalue weighted by molar-refractivity contribution is 5.96. The molecule has 4 nitrogen and oxygen atoms in total. The molecule has 1 atom stereocenters. The highest BCUT2D eigenvalue weighted by Gasteiger charge is 2.25. The number of aromatic hydroxyl groups is 1. The van der Waals surface area contributed by atoms with E-state index in [4.69, 9.17) is 0 Å². The minimum Gasteiger partial charge on any atom is -0.508 e. The third kappa shape index (κ3) is 3.12. The van der Waals surface area contributed by atoms with E-state index < -0.39 is 0 Å². The first-order valence-corrected chi connectivity index (χ1v) is 7.33. The highest BCUT2D eigenvalue weighted by Crippen LogP contribution is 2.22. The van der Waals surface area contributed by atoms with Crippen molar-refractivity contribution in [1.82, 2.24) is 10.2 Å². The van der Waals surface area contributed by atoms with Crippen LogP contribution in [-0.2, 0) is 0 Å². The van der Waals surface area contributed by atoms with Gasteiger partial charge in [-0.1, -0.05) is 6.07 Å². The topological polar surface area (TPSA) is 52.6 Å². The summed E-state index contributed by atoms with van der Waals surface area (Å²) >= 11 is 0. The molecule has 0 saturated carbocycles. The largest absolute Gasteiger partial charge is 0.508 e. The number of nitrogens with one attached hydrogen (secondary N) is 1. The summed E-state index contributed by atoms with van der Waals surface area (Å²) in [7, 11) is 0. The van der Waals surface area contributed by atoms with Gasteiger partial charge in [0.05, 0.1) is 0 Å².